The highest BCUT2D eigenvalue weighted by Crippen LogP contribution is 2.55. The van der Waals surface area contributed by atoms with Crippen molar-refractivity contribution in [1.29, 1.82) is 0 Å². The lowest BCUT2D eigenvalue weighted by Crippen LogP contribution is -2.55. The van der Waals surface area contributed by atoms with Gasteiger partial charge in [0.2, 0.25) is 0 Å². The van der Waals surface area contributed by atoms with E-state index in [1.54, 1.807) is 6.07 Å². The second kappa shape index (κ2) is 16.4. The molecule has 2 saturated carbocycles. The number of phenolic OH excluding ortho intramolecular Hbond substituents is 1. The first-order valence-electron chi connectivity index (χ1n) is 20.1. The van der Waals surface area contributed by atoms with E-state index in [2.05, 4.69) is 53.4 Å². The van der Waals surface area contributed by atoms with Crippen LogP contribution in [-0.4, -0.2) is 67.6 Å². The second-order valence-corrected chi connectivity index (χ2v) is 16.4. The number of fused-ring (bicyclic) bond motifs is 1. The molecule has 7 rings (SSSR count). The monoisotopic (exact) mass is 725 g/mol. The summed E-state index contributed by atoms with van der Waals surface area (Å²) < 4.78 is 6.77. The minimum absolute atomic E-state index is 0.0549. The molecule has 1 aromatic heterocycles. The molecule has 0 radical (unpaired) electrons. The van der Waals surface area contributed by atoms with Crippen LogP contribution in [0, 0.1) is 41.4 Å². The number of benzene rings is 1. The third kappa shape index (κ3) is 7.80. The Labute approximate surface area is 314 Å². The molecule has 0 spiro atoms. The van der Waals surface area contributed by atoms with Gasteiger partial charge < -0.3 is 46.3 Å². The van der Waals surface area contributed by atoms with Gasteiger partial charge in [-0.2, -0.15) is 0 Å². The average Bonchev–Trinajstić information content (AvgIpc) is 3.84. The van der Waals surface area contributed by atoms with Crippen molar-refractivity contribution in [3.8, 4) is 23.3 Å². The number of dihydropyridines is 1. The summed E-state index contributed by atoms with van der Waals surface area (Å²) in [5.74, 6) is 6.84. The molecular formula is C44H59N3O6. The molecule has 4 aliphatic carbocycles. The van der Waals surface area contributed by atoms with Crippen LogP contribution in [0.2, 0.25) is 0 Å². The summed E-state index contributed by atoms with van der Waals surface area (Å²) in [5, 5.41) is 60.2. The van der Waals surface area contributed by atoms with E-state index >= 15 is 0 Å². The number of hydrogen-bond donors (Lipinski definition) is 8. The minimum atomic E-state index is -1.18. The van der Waals surface area contributed by atoms with Gasteiger partial charge >= 0.3 is 0 Å². The summed E-state index contributed by atoms with van der Waals surface area (Å²) in [6, 6.07) is 9.48. The van der Waals surface area contributed by atoms with Crippen molar-refractivity contribution in [2.45, 2.75) is 126 Å². The fraction of sp³-hybridized carbons (Fsp3) is 0.591. The summed E-state index contributed by atoms with van der Waals surface area (Å²) in [7, 11) is 0. The molecule has 9 N–H and O–H groups in total. The van der Waals surface area contributed by atoms with Crippen molar-refractivity contribution in [2.24, 2.45) is 35.3 Å². The summed E-state index contributed by atoms with van der Waals surface area (Å²) in [4.78, 5) is 3.54. The number of aromatic nitrogens is 1. The maximum atomic E-state index is 11.8. The fourth-order valence-electron chi connectivity index (χ4n) is 10.4. The SMILES string of the molecule is CCC1C#CC2C=CC(c3ccc(O)c(OC4C(O)C(O)CCC4C(C4=CCNC(N)=C4)C4(c5ccc[nH]5)CCCC4)c3)CC(O)C2C(O)CCCC1. The van der Waals surface area contributed by atoms with Gasteiger partial charge in [0.15, 0.2) is 11.5 Å². The molecule has 1 aliphatic heterocycles. The number of aromatic hydroxyl groups is 1. The van der Waals surface area contributed by atoms with Crippen LogP contribution >= 0.6 is 0 Å². The molecule has 1 aromatic carbocycles. The van der Waals surface area contributed by atoms with Gasteiger partial charge in [-0.15, -0.1) is 0 Å². The molecule has 9 nitrogen and oxygen atoms in total. The van der Waals surface area contributed by atoms with Crippen LogP contribution < -0.4 is 15.8 Å². The molecule has 11 unspecified atom stereocenters. The lowest BCUT2D eigenvalue weighted by Gasteiger charge is -2.49. The normalized spacial score (nSPS) is 35.0. The van der Waals surface area contributed by atoms with Gasteiger partial charge in [-0.3, -0.25) is 0 Å². The van der Waals surface area contributed by atoms with E-state index < -0.39 is 36.4 Å². The van der Waals surface area contributed by atoms with Gasteiger partial charge in [0.1, 0.15) is 12.2 Å². The number of rotatable bonds is 8. The molecule has 0 amide bonds. The Morgan fingerprint density at radius 3 is 2.51 bits per heavy atom. The van der Waals surface area contributed by atoms with E-state index in [0.717, 1.165) is 68.2 Å². The van der Waals surface area contributed by atoms with E-state index in [-0.39, 0.29) is 40.6 Å². The summed E-state index contributed by atoms with van der Waals surface area (Å²) in [6.07, 6.45) is 16.0. The van der Waals surface area contributed by atoms with Crippen molar-refractivity contribution < 1.29 is 30.3 Å². The number of hydrogen-bond acceptors (Lipinski definition) is 8. The summed E-state index contributed by atoms with van der Waals surface area (Å²) >= 11 is 0. The Hall–Kier alpha value is -3.68. The maximum Gasteiger partial charge on any atom is 0.161 e. The van der Waals surface area contributed by atoms with E-state index in [0.29, 0.717) is 44.0 Å². The van der Waals surface area contributed by atoms with Crippen LogP contribution in [0.1, 0.15) is 101 Å². The van der Waals surface area contributed by atoms with Crippen LogP contribution in [0.25, 0.3) is 0 Å². The average molecular weight is 726 g/mol. The maximum absolute atomic E-state index is 11.8. The highest BCUT2D eigenvalue weighted by Gasteiger charge is 2.53. The molecule has 2 fully saturated rings. The predicted molar refractivity (Wildman–Crippen MR) is 206 cm³/mol. The van der Waals surface area contributed by atoms with Crippen LogP contribution in [0.5, 0.6) is 11.5 Å². The Morgan fingerprint density at radius 1 is 0.943 bits per heavy atom. The zero-order valence-corrected chi connectivity index (χ0v) is 31.0. The first-order valence-corrected chi connectivity index (χ1v) is 20.1. The Morgan fingerprint density at radius 2 is 1.75 bits per heavy atom. The number of phenols is 1. The topological polar surface area (TPSA) is 164 Å². The smallest absolute Gasteiger partial charge is 0.161 e. The molecule has 286 valence electrons. The molecule has 9 heteroatoms. The minimum Gasteiger partial charge on any atom is -0.504 e. The largest absolute Gasteiger partial charge is 0.504 e. The third-order valence-corrected chi connectivity index (χ3v) is 13.2. The molecule has 0 bridgehead atoms. The standard InChI is InChI=1S/C44H59N3O6/c1-2-27-8-3-4-9-34(49)40-28(12-11-27)13-14-29(24-36(40)51)30-15-17-33(48)37(25-30)53-43-32(16-18-35(50)42(43)52)41(31-19-23-47-39(45)26-31)44(20-5-6-21-44)38-10-7-22-46-38/h7,10,13-15,17,19,22,25-29,32,34-36,40-43,46-52H,2-6,8-9,16,18,20-21,23-24,45H2,1H3. The van der Waals surface area contributed by atoms with Gasteiger partial charge in [-0.05, 0) is 92.8 Å². The Balaban J connectivity index is 1.22. The third-order valence-electron chi connectivity index (χ3n) is 13.2. The van der Waals surface area contributed by atoms with Crippen LogP contribution in [0.3, 0.4) is 0 Å². The van der Waals surface area contributed by atoms with Crippen LogP contribution in [0.15, 0.2) is 72.2 Å². The van der Waals surface area contributed by atoms with Crippen molar-refractivity contribution in [1.82, 2.24) is 10.3 Å². The first-order chi connectivity index (χ1) is 25.7. The van der Waals surface area contributed by atoms with E-state index in [1.807, 2.05) is 30.5 Å². The molecule has 53 heavy (non-hydrogen) atoms. The summed E-state index contributed by atoms with van der Waals surface area (Å²) in [6.45, 7) is 2.77. The summed E-state index contributed by atoms with van der Waals surface area (Å²) in [5.41, 5.74) is 9.24. The predicted octanol–water partition coefficient (Wildman–Crippen LogP) is 5.66. The number of H-pyrrole nitrogens is 1. The number of ether oxygens (including phenoxy) is 1. The molecular weight excluding hydrogens is 666 g/mol. The zero-order valence-electron chi connectivity index (χ0n) is 31.0. The van der Waals surface area contributed by atoms with Gasteiger partial charge in [-0.1, -0.05) is 68.7 Å². The molecule has 2 aromatic rings. The van der Waals surface area contributed by atoms with Gasteiger partial charge in [0.05, 0.1) is 24.1 Å². The quantitative estimate of drug-likeness (QED) is 0.128. The highest BCUT2D eigenvalue weighted by molar-refractivity contribution is 5.45. The second-order valence-electron chi connectivity index (χ2n) is 16.4. The van der Waals surface area contributed by atoms with E-state index in [1.165, 1.54) is 0 Å². The van der Waals surface area contributed by atoms with Crippen LogP contribution in [0.4, 0.5) is 0 Å². The number of nitrogens with two attached hydrogens (primary N) is 1. The number of nitrogens with one attached hydrogen (secondary N) is 2. The molecule has 0 saturated heterocycles. The van der Waals surface area contributed by atoms with E-state index in [4.69, 9.17) is 10.5 Å². The number of aliphatic hydroxyl groups is 4. The zero-order chi connectivity index (χ0) is 37.1. The van der Waals surface area contributed by atoms with Crippen molar-refractivity contribution in [3.05, 3.63) is 83.5 Å². The number of aromatic amines is 1. The van der Waals surface area contributed by atoms with Gasteiger partial charge in [0.25, 0.3) is 0 Å². The molecule has 5 aliphatic rings. The Bertz CT molecular complexity index is 1700. The van der Waals surface area contributed by atoms with Crippen molar-refractivity contribution in [3.63, 3.8) is 0 Å². The first kappa shape index (κ1) is 37.6. The van der Waals surface area contributed by atoms with Gasteiger partial charge in [0, 0.05) is 59.4 Å². The number of allylic oxidation sites excluding steroid dienone is 4. The van der Waals surface area contributed by atoms with Crippen molar-refractivity contribution >= 4 is 0 Å². The van der Waals surface area contributed by atoms with Crippen molar-refractivity contribution in [2.75, 3.05) is 6.54 Å². The lowest BCUT2D eigenvalue weighted by molar-refractivity contribution is -0.114. The van der Waals surface area contributed by atoms with Gasteiger partial charge in [-0.25, -0.2) is 0 Å². The van der Waals surface area contributed by atoms with E-state index in [9.17, 15) is 25.5 Å². The molecule has 2 heterocycles. The fourth-order valence-corrected chi connectivity index (χ4v) is 10.4. The number of aliphatic hydroxyl groups excluding tert-OH is 4. The highest BCUT2D eigenvalue weighted by atomic mass is 16.5. The van der Waals surface area contributed by atoms with Crippen LogP contribution in [-0.2, 0) is 5.41 Å². The molecule has 11 atom stereocenters. The Kier molecular flexibility index (Phi) is 11.6. The lowest BCUT2D eigenvalue weighted by atomic mass is 9.59.